The maximum Gasteiger partial charge on any atom is 0.303 e. The molecular weight excluding hydrogens is 455 g/mol. The van der Waals surface area contributed by atoms with Crippen LogP contribution in [0.15, 0.2) is 24.4 Å². The van der Waals surface area contributed by atoms with Gasteiger partial charge in [-0.2, -0.15) is 11.8 Å². The van der Waals surface area contributed by atoms with Gasteiger partial charge >= 0.3 is 5.97 Å². The van der Waals surface area contributed by atoms with Crippen molar-refractivity contribution in [3.05, 3.63) is 35.8 Å². The van der Waals surface area contributed by atoms with Crippen LogP contribution in [0.5, 0.6) is 5.75 Å². The van der Waals surface area contributed by atoms with Gasteiger partial charge in [0.05, 0.1) is 24.9 Å². The maximum absolute atomic E-state index is 14.7. The van der Waals surface area contributed by atoms with E-state index in [4.69, 9.17) is 4.74 Å². The summed E-state index contributed by atoms with van der Waals surface area (Å²) in [5.74, 6) is 1.74. The number of pyridine rings is 1. The number of carboxylic acids is 1. The first-order valence-corrected chi connectivity index (χ1v) is 13.4. The summed E-state index contributed by atoms with van der Waals surface area (Å²) in [7, 11) is 1.54. The van der Waals surface area contributed by atoms with Gasteiger partial charge in [-0.1, -0.05) is 13.3 Å². The fourth-order valence-electron chi connectivity index (χ4n) is 4.89. The van der Waals surface area contributed by atoms with E-state index in [2.05, 4.69) is 16.8 Å². The first-order chi connectivity index (χ1) is 16.4. The van der Waals surface area contributed by atoms with E-state index >= 15 is 0 Å². The summed E-state index contributed by atoms with van der Waals surface area (Å²) in [6, 6.07) is 5.22. The lowest BCUT2D eigenvalue weighted by atomic mass is 9.79. The monoisotopic (exact) mass is 492 g/mol. The van der Waals surface area contributed by atoms with Crippen molar-refractivity contribution in [2.45, 2.75) is 51.6 Å². The number of benzene rings is 1. The van der Waals surface area contributed by atoms with Crippen LogP contribution in [0.3, 0.4) is 0 Å². The van der Waals surface area contributed by atoms with Crippen molar-refractivity contribution in [2.24, 2.45) is 11.8 Å². The lowest BCUT2D eigenvalue weighted by Crippen LogP contribution is -2.42. The molecule has 1 aliphatic rings. The fourth-order valence-corrected chi connectivity index (χ4v) is 5.97. The second kappa shape index (κ2) is 13.3. The largest absolute Gasteiger partial charge is 0.497 e. The zero-order valence-electron chi connectivity index (χ0n) is 20.2. The molecule has 2 unspecified atom stereocenters. The molecule has 3 atom stereocenters. The highest BCUT2D eigenvalue weighted by molar-refractivity contribution is 7.99. The van der Waals surface area contributed by atoms with Crippen LogP contribution >= 0.6 is 11.8 Å². The van der Waals surface area contributed by atoms with E-state index in [-0.39, 0.29) is 23.8 Å². The topological polar surface area (TPSA) is 82.9 Å². The minimum Gasteiger partial charge on any atom is -0.497 e. The quantitative estimate of drug-likeness (QED) is 0.375. The molecule has 0 aliphatic carbocycles. The van der Waals surface area contributed by atoms with Crippen LogP contribution in [0.1, 0.15) is 57.1 Å². The third-order valence-electron chi connectivity index (χ3n) is 6.82. The van der Waals surface area contributed by atoms with Crippen molar-refractivity contribution in [1.29, 1.82) is 0 Å². The number of methoxy groups -OCH3 is 1. The number of aliphatic hydroxyl groups excluding tert-OH is 1. The van der Waals surface area contributed by atoms with Gasteiger partial charge in [-0.3, -0.25) is 9.78 Å². The Morgan fingerprint density at radius 2 is 2.18 bits per heavy atom. The van der Waals surface area contributed by atoms with Gasteiger partial charge in [-0.25, -0.2) is 4.39 Å². The molecule has 1 aromatic heterocycles. The highest BCUT2D eigenvalue weighted by atomic mass is 32.2. The number of rotatable bonds is 13. The number of ether oxygens (including phenoxy) is 1. The summed E-state index contributed by atoms with van der Waals surface area (Å²) in [5, 5.41) is 21.0. The standard InChI is InChI=1S/C26H37FN2O4S/c1-3-4-12-34-13-11-29-10-9-18(19(17-29)14-25(31)32)5-8-24(30)26-21-15-20(33-2)6-7-23(21)28-16-22(26)27/h6-7,15-16,18-19,24,30H,3-5,8-14,17H2,1-2H3,(H,31,32)/t18?,19?,24-/m1/s1. The third-order valence-corrected chi connectivity index (χ3v) is 7.87. The molecule has 0 radical (unpaired) electrons. The van der Waals surface area contributed by atoms with Crippen LogP contribution < -0.4 is 4.74 Å². The number of halogens is 1. The Balaban J connectivity index is 1.63. The normalized spacial score (nSPS) is 19.9. The second-order valence-electron chi connectivity index (χ2n) is 9.17. The zero-order chi connectivity index (χ0) is 24.5. The molecule has 0 bridgehead atoms. The smallest absolute Gasteiger partial charge is 0.303 e. The van der Waals surface area contributed by atoms with E-state index in [0.29, 0.717) is 29.5 Å². The Morgan fingerprint density at radius 1 is 1.35 bits per heavy atom. The predicted octanol–water partition coefficient (Wildman–Crippen LogP) is 5.14. The van der Waals surface area contributed by atoms with Crippen molar-refractivity contribution in [2.75, 3.05) is 38.2 Å². The highest BCUT2D eigenvalue weighted by Gasteiger charge is 2.31. The van der Waals surface area contributed by atoms with Crippen LogP contribution in [-0.4, -0.2) is 64.3 Å². The van der Waals surface area contributed by atoms with Gasteiger partial charge in [0.1, 0.15) is 11.6 Å². The maximum atomic E-state index is 14.7. The number of piperidine rings is 1. The lowest BCUT2D eigenvalue weighted by Gasteiger charge is -2.38. The third kappa shape index (κ3) is 7.30. The van der Waals surface area contributed by atoms with Crippen LogP contribution in [0.25, 0.3) is 10.9 Å². The van der Waals surface area contributed by atoms with Crippen LogP contribution in [0.4, 0.5) is 4.39 Å². The molecule has 0 amide bonds. The highest BCUT2D eigenvalue weighted by Crippen LogP contribution is 2.35. The number of aliphatic hydroxyl groups is 1. The van der Waals surface area contributed by atoms with E-state index in [1.165, 1.54) is 18.6 Å². The number of likely N-dealkylation sites (tertiary alicyclic amines) is 1. The van der Waals surface area contributed by atoms with Crippen LogP contribution in [-0.2, 0) is 4.79 Å². The van der Waals surface area contributed by atoms with Crippen molar-refractivity contribution >= 4 is 28.6 Å². The first kappa shape index (κ1) is 26.7. The van der Waals surface area contributed by atoms with Crippen molar-refractivity contribution < 1.29 is 24.1 Å². The number of carbonyl (C=O) groups is 1. The average Bonchev–Trinajstić information content (AvgIpc) is 2.82. The Morgan fingerprint density at radius 3 is 2.91 bits per heavy atom. The number of unbranched alkanes of at least 4 members (excludes halogenated alkanes) is 1. The Kier molecular flexibility index (Phi) is 10.4. The number of aliphatic carboxylic acids is 1. The van der Waals surface area contributed by atoms with E-state index in [9.17, 15) is 19.4 Å². The van der Waals surface area contributed by atoms with Gasteiger partial charge in [-0.05, 0) is 68.0 Å². The molecule has 1 aliphatic heterocycles. The number of hydrogen-bond donors (Lipinski definition) is 2. The van der Waals surface area contributed by atoms with Gasteiger partial charge in [0.25, 0.3) is 0 Å². The molecule has 188 valence electrons. The predicted molar refractivity (Wildman–Crippen MR) is 135 cm³/mol. The fraction of sp³-hybridized carbons (Fsp3) is 0.615. The Hall–Kier alpha value is -1.90. The zero-order valence-corrected chi connectivity index (χ0v) is 21.0. The van der Waals surface area contributed by atoms with Gasteiger partial charge in [0.15, 0.2) is 0 Å². The minimum atomic E-state index is -0.990. The van der Waals surface area contributed by atoms with E-state index in [1.807, 2.05) is 11.8 Å². The number of thioether (sulfide) groups is 1. The van der Waals surface area contributed by atoms with E-state index in [0.717, 1.165) is 38.0 Å². The number of fused-ring (bicyclic) bond motifs is 1. The summed E-state index contributed by atoms with van der Waals surface area (Å²) in [4.78, 5) is 18.0. The molecular formula is C26H37FN2O4S. The number of carboxylic acid groups (broad SMARTS) is 1. The Bertz CT molecular complexity index is 944. The molecule has 8 heteroatoms. The van der Waals surface area contributed by atoms with Gasteiger partial charge in [0.2, 0.25) is 0 Å². The molecule has 1 fully saturated rings. The molecule has 1 aromatic carbocycles. The summed E-state index contributed by atoms with van der Waals surface area (Å²) < 4.78 is 20.0. The van der Waals surface area contributed by atoms with E-state index < -0.39 is 17.9 Å². The lowest BCUT2D eigenvalue weighted by molar-refractivity contribution is -0.139. The molecule has 2 N–H and O–H groups in total. The molecule has 2 aromatic rings. The molecule has 1 saturated heterocycles. The van der Waals surface area contributed by atoms with Gasteiger partial charge in [0, 0.05) is 36.2 Å². The molecule has 6 nitrogen and oxygen atoms in total. The molecule has 34 heavy (non-hydrogen) atoms. The SMILES string of the molecule is CCCCSCCN1CCC(CC[C@@H](O)c2c(F)cnc3ccc(OC)cc23)C(CC(=O)O)C1. The minimum absolute atomic E-state index is 0.0400. The second-order valence-corrected chi connectivity index (χ2v) is 10.4. The first-order valence-electron chi connectivity index (χ1n) is 12.2. The van der Waals surface area contributed by atoms with Crippen molar-refractivity contribution in [3.8, 4) is 5.75 Å². The van der Waals surface area contributed by atoms with E-state index in [1.54, 1.807) is 25.3 Å². The van der Waals surface area contributed by atoms with Gasteiger partial charge in [-0.15, -0.1) is 0 Å². The Labute approximate surface area is 205 Å². The summed E-state index contributed by atoms with van der Waals surface area (Å²) in [6.45, 7) is 4.89. The van der Waals surface area contributed by atoms with Crippen molar-refractivity contribution in [3.63, 3.8) is 0 Å². The summed E-state index contributed by atoms with van der Waals surface area (Å²) in [6.07, 6.45) is 4.66. The average molecular weight is 493 g/mol. The number of hydrogen-bond acceptors (Lipinski definition) is 6. The molecule has 0 spiro atoms. The molecule has 3 rings (SSSR count). The molecule has 0 saturated carbocycles. The number of aromatic nitrogens is 1. The van der Waals surface area contributed by atoms with Crippen LogP contribution in [0.2, 0.25) is 0 Å². The van der Waals surface area contributed by atoms with Gasteiger partial charge < -0.3 is 19.8 Å². The molecule has 2 heterocycles. The summed E-state index contributed by atoms with van der Waals surface area (Å²) >= 11 is 1.96. The van der Waals surface area contributed by atoms with Crippen molar-refractivity contribution in [1.82, 2.24) is 9.88 Å². The summed E-state index contributed by atoms with van der Waals surface area (Å²) in [5.41, 5.74) is 0.838. The van der Waals surface area contributed by atoms with Crippen LogP contribution in [0, 0.1) is 17.7 Å². The number of nitrogens with zero attached hydrogens (tertiary/aromatic N) is 2.